The summed E-state index contributed by atoms with van der Waals surface area (Å²) in [6.45, 7) is -0.828. The van der Waals surface area contributed by atoms with Crippen LogP contribution in [-0.4, -0.2) is 47.5 Å². The normalized spacial score (nSPS) is 21.7. The Hall–Kier alpha value is -3.78. The van der Waals surface area contributed by atoms with Gasteiger partial charge in [-0.05, 0) is 36.2 Å². The number of benzene rings is 2. The zero-order chi connectivity index (χ0) is 25.4. The number of hydrogen-bond donors (Lipinski definition) is 2. The Morgan fingerprint density at radius 3 is 2.76 bits per heavy atom. The minimum absolute atomic E-state index is 0.0543. The molecule has 4 heterocycles. The van der Waals surface area contributed by atoms with Crippen LogP contribution in [0.1, 0.15) is 69.6 Å². The number of aliphatic hydroxyl groups is 1. The molecule has 1 amide bonds. The lowest BCUT2D eigenvalue weighted by Crippen LogP contribution is -2.30. The molecule has 2 N–H and O–H groups in total. The third kappa shape index (κ3) is 2.80. The van der Waals surface area contributed by atoms with Crippen LogP contribution in [0.25, 0.3) is 22.2 Å². The summed E-state index contributed by atoms with van der Waals surface area (Å²) >= 11 is 0. The molecule has 0 saturated heterocycles. The molecule has 0 fully saturated rings. The van der Waals surface area contributed by atoms with E-state index in [9.17, 15) is 15.0 Å². The number of aromatic nitrogens is 4. The van der Waals surface area contributed by atoms with E-state index in [0.717, 1.165) is 21.5 Å². The molecular formula is C25H23N5O3. The number of hydrogen-bond acceptors (Lipinski definition) is 6. The zero-order valence-corrected chi connectivity index (χ0v) is 17.8. The van der Waals surface area contributed by atoms with Crippen LogP contribution in [0, 0.1) is 0 Å². The minimum Gasteiger partial charge on any atom is -0.508 e. The largest absolute Gasteiger partial charge is 0.508 e. The molecule has 2 aliphatic heterocycles. The molecule has 6 rings (SSSR count). The van der Waals surface area contributed by atoms with Gasteiger partial charge in [-0.15, -0.1) is 0 Å². The van der Waals surface area contributed by atoms with E-state index < -0.39 is 31.1 Å². The number of carbonyl (C=O) groups excluding carboxylic acids is 1. The Morgan fingerprint density at radius 1 is 1.18 bits per heavy atom. The van der Waals surface area contributed by atoms with Crippen molar-refractivity contribution in [3.05, 3.63) is 71.6 Å². The fraction of sp³-hybridized carbons (Fsp3) is 0.280. The van der Waals surface area contributed by atoms with Crippen LogP contribution in [-0.2, 0) is 0 Å². The summed E-state index contributed by atoms with van der Waals surface area (Å²) in [5.74, 6) is 0.141. The molecule has 0 aliphatic carbocycles. The van der Waals surface area contributed by atoms with Crippen LogP contribution in [0.5, 0.6) is 5.75 Å². The predicted octanol–water partition coefficient (Wildman–Crippen LogP) is 3.76. The number of amides is 1. The summed E-state index contributed by atoms with van der Waals surface area (Å²) in [7, 11) is 0. The first-order valence-corrected chi connectivity index (χ1v) is 10.9. The fourth-order valence-electron chi connectivity index (χ4n) is 4.95. The Bertz CT molecular complexity index is 1520. The number of aromatic hydroxyl groups is 1. The average Bonchev–Trinajstić information content (AvgIpc) is 3.35. The molecule has 2 bridgehead atoms. The van der Waals surface area contributed by atoms with Gasteiger partial charge in [-0.2, -0.15) is 0 Å². The van der Waals surface area contributed by atoms with Gasteiger partial charge in [-0.25, -0.2) is 15.0 Å². The lowest BCUT2D eigenvalue weighted by atomic mass is 9.97. The van der Waals surface area contributed by atoms with Crippen molar-refractivity contribution >= 4 is 16.9 Å². The Kier molecular flexibility index (Phi) is 3.62. The molecule has 0 saturated carbocycles. The highest BCUT2D eigenvalue weighted by molar-refractivity contribution is 5.98. The SMILES string of the molecule is [2H]C([2H])([2H])N1C(=O)c2cccc(O)c2[C@H]2C[C@@H]1c1nc3ccc(-c4cnc(C(O)CC)nc4)cc3n12. The molecule has 166 valence electrons. The van der Waals surface area contributed by atoms with Gasteiger partial charge >= 0.3 is 0 Å². The number of phenolic OH excluding ortho intramolecular Hbond substituents is 1. The Balaban J connectivity index is 1.54. The van der Waals surface area contributed by atoms with E-state index in [0.29, 0.717) is 35.6 Å². The van der Waals surface area contributed by atoms with Crippen molar-refractivity contribution in [1.29, 1.82) is 0 Å². The Morgan fingerprint density at radius 2 is 2.00 bits per heavy atom. The average molecular weight is 445 g/mol. The van der Waals surface area contributed by atoms with Crippen LogP contribution < -0.4 is 0 Å². The van der Waals surface area contributed by atoms with Crippen molar-refractivity contribution in [3.63, 3.8) is 0 Å². The van der Waals surface area contributed by atoms with Crippen molar-refractivity contribution in [3.8, 4) is 16.9 Å². The number of aliphatic hydroxyl groups excluding tert-OH is 1. The topological polar surface area (TPSA) is 104 Å². The van der Waals surface area contributed by atoms with Gasteiger partial charge < -0.3 is 19.7 Å². The summed E-state index contributed by atoms with van der Waals surface area (Å²) < 4.78 is 26.2. The predicted molar refractivity (Wildman–Crippen MR) is 122 cm³/mol. The molecule has 4 aromatic rings. The molecule has 2 aliphatic rings. The summed E-state index contributed by atoms with van der Waals surface area (Å²) in [5, 5.41) is 20.8. The van der Waals surface area contributed by atoms with E-state index in [1.165, 1.54) is 6.07 Å². The molecule has 8 heteroatoms. The number of fused-ring (bicyclic) bond motifs is 9. The maximum atomic E-state index is 13.4. The third-order valence-corrected chi connectivity index (χ3v) is 6.64. The number of rotatable bonds is 3. The van der Waals surface area contributed by atoms with Gasteiger partial charge in [0.15, 0.2) is 5.82 Å². The molecular weight excluding hydrogens is 418 g/mol. The lowest BCUT2D eigenvalue weighted by molar-refractivity contribution is 0.0734. The quantitative estimate of drug-likeness (QED) is 0.499. The minimum atomic E-state index is -2.68. The summed E-state index contributed by atoms with van der Waals surface area (Å²) in [6, 6.07) is 9.03. The van der Waals surface area contributed by atoms with Crippen LogP contribution in [0.3, 0.4) is 0 Å². The molecule has 3 atom stereocenters. The lowest BCUT2D eigenvalue weighted by Gasteiger charge is -2.24. The number of imidazole rings is 1. The van der Waals surface area contributed by atoms with Crippen LogP contribution >= 0.6 is 0 Å². The van der Waals surface area contributed by atoms with Crippen LogP contribution in [0.15, 0.2) is 48.8 Å². The fourth-order valence-corrected chi connectivity index (χ4v) is 4.95. The van der Waals surface area contributed by atoms with E-state index >= 15 is 0 Å². The maximum Gasteiger partial charge on any atom is 0.254 e. The molecule has 1 unspecified atom stereocenters. The summed E-state index contributed by atoms with van der Waals surface area (Å²) in [4.78, 5) is 27.6. The second-order valence-corrected chi connectivity index (χ2v) is 8.48. The van der Waals surface area contributed by atoms with Crippen LogP contribution in [0.4, 0.5) is 0 Å². The second-order valence-electron chi connectivity index (χ2n) is 8.48. The molecule has 33 heavy (non-hydrogen) atoms. The molecule has 2 aromatic heterocycles. The van der Waals surface area contributed by atoms with Crippen molar-refractivity contribution in [2.45, 2.75) is 38.0 Å². The number of carbonyl (C=O) groups is 1. The maximum absolute atomic E-state index is 13.4. The number of nitrogens with zero attached hydrogens (tertiary/aromatic N) is 5. The van der Waals surface area contributed by atoms with E-state index in [2.05, 4.69) is 9.97 Å². The van der Waals surface area contributed by atoms with Gasteiger partial charge in [0.1, 0.15) is 17.7 Å². The third-order valence-electron chi connectivity index (χ3n) is 6.64. The second kappa shape index (κ2) is 7.11. The highest BCUT2D eigenvalue weighted by Gasteiger charge is 2.44. The van der Waals surface area contributed by atoms with E-state index in [-0.39, 0.29) is 11.3 Å². The Labute approximate surface area is 194 Å². The summed E-state index contributed by atoms with van der Waals surface area (Å²) in [5.41, 5.74) is 3.56. The van der Waals surface area contributed by atoms with Crippen molar-refractivity contribution in [1.82, 2.24) is 24.4 Å². The van der Waals surface area contributed by atoms with Crippen LogP contribution in [0.2, 0.25) is 0 Å². The molecule has 2 aromatic carbocycles. The van der Waals surface area contributed by atoms with Crippen molar-refractivity contribution < 1.29 is 19.1 Å². The highest BCUT2D eigenvalue weighted by atomic mass is 16.3. The molecule has 0 spiro atoms. The molecule has 0 radical (unpaired) electrons. The highest BCUT2D eigenvalue weighted by Crippen LogP contribution is 2.49. The van der Waals surface area contributed by atoms with Gasteiger partial charge in [0.2, 0.25) is 0 Å². The van der Waals surface area contributed by atoms with Gasteiger partial charge in [0.05, 0.1) is 23.1 Å². The first-order chi connectivity index (χ1) is 17.2. The monoisotopic (exact) mass is 444 g/mol. The first kappa shape index (κ1) is 16.8. The van der Waals surface area contributed by atoms with Gasteiger partial charge in [0.25, 0.3) is 5.91 Å². The molecule has 8 nitrogen and oxygen atoms in total. The van der Waals surface area contributed by atoms with E-state index in [4.69, 9.17) is 9.10 Å². The first-order valence-electron chi connectivity index (χ1n) is 12.4. The number of phenols is 1. The van der Waals surface area contributed by atoms with Gasteiger partial charge in [0, 0.05) is 46.6 Å². The van der Waals surface area contributed by atoms with Gasteiger partial charge in [-0.1, -0.05) is 19.1 Å². The van der Waals surface area contributed by atoms with Crippen molar-refractivity contribution in [2.75, 3.05) is 6.98 Å². The zero-order valence-electron chi connectivity index (χ0n) is 20.8. The summed E-state index contributed by atoms with van der Waals surface area (Å²) in [6.07, 6.45) is 3.40. The van der Waals surface area contributed by atoms with Gasteiger partial charge in [-0.3, -0.25) is 4.79 Å². The smallest absolute Gasteiger partial charge is 0.254 e. The van der Waals surface area contributed by atoms with E-state index in [1.807, 2.05) is 29.7 Å². The van der Waals surface area contributed by atoms with E-state index in [1.54, 1.807) is 24.5 Å². The van der Waals surface area contributed by atoms with Crippen molar-refractivity contribution in [2.24, 2.45) is 0 Å². The standard InChI is InChI=1S/C25H23N5O3/c1-3-20(31)23-26-11-14(12-27-23)13-7-8-16-17(9-13)30-18-10-19(24(30)28-16)29(2)25(33)15-5-4-6-21(32)22(15)18/h4-9,11-12,18-20,31-32H,3,10H2,1-2H3/t18-,19-,20?/m1/s1/i2D3.